The Labute approximate surface area is 126 Å². The zero-order chi connectivity index (χ0) is 14.2. The normalized spacial score (nSPS) is 15.8. The molecule has 108 valence electrons. The Morgan fingerprint density at radius 2 is 1.95 bits per heavy atom. The van der Waals surface area contributed by atoms with Gasteiger partial charge in [-0.1, -0.05) is 30.3 Å². The van der Waals surface area contributed by atoms with Crippen LogP contribution in [0, 0.1) is 0 Å². The third kappa shape index (κ3) is 4.90. The van der Waals surface area contributed by atoms with Crippen LogP contribution in [0.3, 0.4) is 0 Å². The number of piperidine rings is 1. The van der Waals surface area contributed by atoms with Gasteiger partial charge in [0.2, 0.25) is 0 Å². The molecule has 0 radical (unpaired) electrons. The minimum absolute atomic E-state index is 0.603. The molecule has 1 saturated heterocycles. The van der Waals surface area contributed by atoms with Crippen molar-refractivity contribution in [3.05, 3.63) is 35.9 Å². The molecule has 2 rings (SSSR count). The first-order chi connectivity index (χ1) is 9.78. The first kappa shape index (κ1) is 14.9. The van der Waals surface area contributed by atoms with Gasteiger partial charge in [-0.25, -0.2) is 0 Å². The van der Waals surface area contributed by atoms with Crippen LogP contribution >= 0.6 is 12.2 Å². The number of benzene rings is 1. The molecule has 0 aliphatic carbocycles. The number of hydrazone groups is 1. The summed E-state index contributed by atoms with van der Waals surface area (Å²) < 4.78 is 0. The van der Waals surface area contributed by atoms with E-state index in [4.69, 9.17) is 12.2 Å². The second kappa shape index (κ2) is 7.97. The average molecular weight is 290 g/mol. The third-order valence-corrected chi connectivity index (χ3v) is 3.57. The van der Waals surface area contributed by atoms with E-state index in [9.17, 15) is 0 Å². The highest BCUT2D eigenvalue weighted by atomic mass is 32.1. The van der Waals surface area contributed by atoms with E-state index in [1.54, 1.807) is 0 Å². The summed E-state index contributed by atoms with van der Waals surface area (Å²) in [6.07, 6.45) is 2.02. The molecule has 1 aromatic carbocycles. The number of rotatable bonds is 4. The summed E-state index contributed by atoms with van der Waals surface area (Å²) in [4.78, 5) is 2.47. The molecule has 1 fully saturated rings. The molecule has 0 spiro atoms. The summed E-state index contributed by atoms with van der Waals surface area (Å²) in [5.41, 5.74) is 5.49. The van der Waals surface area contributed by atoms with E-state index in [1.807, 2.05) is 6.92 Å². The largest absolute Gasteiger partial charge is 0.362 e. The molecule has 1 aliphatic heterocycles. The maximum absolute atomic E-state index is 5.09. The fourth-order valence-electron chi connectivity index (χ4n) is 2.25. The van der Waals surface area contributed by atoms with Crippen LogP contribution in [0.5, 0.6) is 0 Å². The van der Waals surface area contributed by atoms with Crippen molar-refractivity contribution in [3.8, 4) is 0 Å². The number of hydrogen-bond acceptors (Lipinski definition) is 3. The quantitative estimate of drug-likeness (QED) is 0.658. The summed E-state index contributed by atoms with van der Waals surface area (Å²) in [6.45, 7) is 5.98. The number of hydrogen-bond donors (Lipinski definition) is 2. The van der Waals surface area contributed by atoms with Crippen LogP contribution in [0.1, 0.15) is 25.3 Å². The molecule has 1 heterocycles. The molecular formula is C15H22N4S. The molecule has 0 unspecified atom stereocenters. The zero-order valence-corrected chi connectivity index (χ0v) is 12.7. The molecule has 1 aliphatic rings. The van der Waals surface area contributed by atoms with Crippen molar-refractivity contribution in [1.29, 1.82) is 0 Å². The third-order valence-electron chi connectivity index (χ3n) is 3.34. The fourth-order valence-corrected chi connectivity index (χ4v) is 2.44. The molecule has 2 N–H and O–H groups in total. The Balaban J connectivity index is 1.75. The Bertz CT molecular complexity index is 448. The van der Waals surface area contributed by atoms with Crippen LogP contribution in [-0.2, 0) is 6.54 Å². The monoisotopic (exact) mass is 290 g/mol. The lowest BCUT2D eigenvalue weighted by molar-refractivity contribution is 0.266. The number of thiocarbonyl (C=S) groups is 1. The van der Waals surface area contributed by atoms with Crippen LogP contribution < -0.4 is 10.7 Å². The minimum atomic E-state index is 0.603. The van der Waals surface area contributed by atoms with Crippen LogP contribution in [-0.4, -0.2) is 35.4 Å². The van der Waals surface area contributed by atoms with E-state index in [0.717, 1.165) is 39.0 Å². The molecule has 20 heavy (non-hydrogen) atoms. The van der Waals surface area contributed by atoms with Gasteiger partial charge in [0, 0.05) is 44.7 Å². The molecule has 0 atom stereocenters. The van der Waals surface area contributed by atoms with Gasteiger partial charge in [-0.05, 0) is 24.7 Å². The minimum Gasteiger partial charge on any atom is -0.362 e. The summed E-state index contributed by atoms with van der Waals surface area (Å²) in [5.74, 6) is 0. The van der Waals surface area contributed by atoms with Crippen molar-refractivity contribution in [2.24, 2.45) is 5.10 Å². The second-order valence-electron chi connectivity index (χ2n) is 4.91. The Hall–Kier alpha value is -1.46. The van der Waals surface area contributed by atoms with Crippen molar-refractivity contribution >= 4 is 23.0 Å². The van der Waals surface area contributed by atoms with Gasteiger partial charge in [0.15, 0.2) is 5.11 Å². The maximum Gasteiger partial charge on any atom is 0.186 e. The summed E-state index contributed by atoms with van der Waals surface area (Å²) in [7, 11) is 0. The van der Waals surface area contributed by atoms with Crippen molar-refractivity contribution in [2.45, 2.75) is 26.3 Å². The van der Waals surface area contributed by atoms with E-state index in [0.29, 0.717) is 5.11 Å². The number of nitrogens with zero attached hydrogens (tertiary/aromatic N) is 2. The molecule has 1 aromatic rings. The summed E-state index contributed by atoms with van der Waals surface area (Å²) in [5, 5.41) is 8.01. The van der Waals surface area contributed by atoms with Gasteiger partial charge in [-0.3, -0.25) is 10.3 Å². The van der Waals surface area contributed by atoms with Gasteiger partial charge in [-0.2, -0.15) is 5.10 Å². The summed E-state index contributed by atoms with van der Waals surface area (Å²) in [6, 6.07) is 10.6. The van der Waals surface area contributed by atoms with Crippen LogP contribution in [0.15, 0.2) is 35.4 Å². The topological polar surface area (TPSA) is 39.7 Å². The Morgan fingerprint density at radius 3 is 2.60 bits per heavy atom. The first-order valence-corrected chi connectivity index (χ1v) is 7.54. The molecule has 4 nitrogen and oxygen atoms in total. The lowest BCUT2D eigenvalue weighted by atomic mass is 10.1. The number of nitrogens with one attached hydrogen (secondary N) is 2. The van der Waals surface area contributed by atoms with E-state index in [1.165, 1.54) is 11.3 Å². The predicted octanol–water partition coefficient (Wildman–Crippen LogP) is 2.12. The maximum atomic E-state index is 5.09. The SMILES string of the molecule is CCNC(=S)NN=C1CCN(Cc2ccccc2)CC1. The van der Waals surface area contributed by atoms with Crippen LogP contribution in [0.25, 0.3) is 0 Å². The highest BCUT2D eigenvalue weighted by molar-refractivity contribution is 7.80. The molecular weight excluding hydrogens is 268 g/mol. The highest BCUT2D eigenvalue weighted by Gasteiger charge is 2.15. The molecule has 0 bridgehead atoms. The average Bonchev–Trinajstić information content (AvgIpc) is 2.48. The number of likely N-dealkylation sites (tertiary alicyclic amines) is 1. The zero-order valence-electron chi connectivity index (χ0n) is 11.9. The lowest BCUT2D eigenvalue weighted by Gasteiger charge is -2.27. The molecule has 0 aromatic heterocycles. The van der Waals surface area contributed by atoms with Gasteiger partial charge in [0.25, 0.3) is 0 Å². The molecule has 0 amide bonds. The van der Waals surface area contributed by atoms with Crippen LogP contribution in [0.4, 0.5) is 0 Å². The molecule has 0 saturated carbocycles. The van der Waals surface area contributed by atoms with Crippen molar-refractivity contribution < 1.29 is 0 Å². The van der Waals surface area contributed by atoms with Gasteiger partial charge in [0.05, 0.1) is 0 Å². The van der Waals surface area contributed by atoms with Crippen molar-refractivity contribution in [2.75, 3.05) is 19.6 Å². The lowest BCUT2D eigenvalue weighted by Crippen LogP contribution is -2.36. The van der Waals surface area contributed by atoms with E-state index < -0.39 is 0 Å². The van der Waals surface area contributed by atoms with E-state index in [2.05, 4.69) is 51.1 Å². The van der Waals surface area contributed by atoms with Crippen molar-refractivity contribution in [1.82, 2.24) is 15.6 Å². The Morgan fingerprint density at radius 1 is 1.25 bits per heavy atom. The van der Waals surface area contributed by atoms with E-state index >= 15 is 0 Å². The van der Waals surface area contributed by atoms with Gasteiger partial charge in [-0.15, -0.1) is 0 Å². The standard InChI is InChI=1S/C15H22N4S/c1-2-16-15(20)18-17-14-8-10-19(11-9-14)12-13-6-4-3-5-7-13/h3-7H,2,8-12H2,1H3,(H2,16,18,20). The Kier molecular flexibility index (Phi) is 5.95. The van der Waals surface area contributed by atoms with E-state index in [-0.39, 0.29) is 0 Å². The van der Waals surface area contributed by atoms with Crippen molar-refractivity contribution in [3.63, 3.8) is 0 Å². The highest BCUT2D eigenvalue weighted by Crippen LogP contribution is 2.11. The summed E-state index contributed by atoms with van der Waals surface area (Å²) >= 11 is 5.09. The smallest absolute Gasteiger partial charge is 0.186 e. The van der Waals surface area contributed by atoms with Gasteiger partial charge < -0.3 is 5.32 Å². The van der Waals surface area contributed by atoms with Gasteiger partial charge in [0.1, 0.15) is 0 Å². The predicted molar refractivity (Wildman–Crippen MR) is 87.8 cm³/mol. The fraction of sp³-hybridized carbons (Fsp3) is 0.467. The molecule has 5 heteroatoms. The van der Waals surface area contributed by atoms with Gasteiger partial charge >= 0.3 is 0 Å². The second-order valence-corrected chi connectivity index (χ2v) is 5.32. The first-order valence-electron chi connectivity index (χ1n) is 7.13. The van der Waals surface area contributed by atoms with Crippen LogP contribution in [0.2, 0.25) is 0 Å².